The first kappa shape index (κ1) is 15.5. The molecule has 6 heteroatoms. The fourth-order valence-electron chi connectivity index (χ4n) is 2.87. The molecule has 1 aliphatic carbocycles. The molecule has 2 aliphatic rings. The lowest BCUT2D eigenvalue weighted by Gasteiger charge is -2.04. The third-order valence-corrected chi connectivity index (χ3v) is 6.52. The molecular weight excluding hydrogens is 348 g/mol. The number of nitrogens with zero attached hydrogens (tertiary/aromatic N) is 4. The van der Waals surface area contributed by atoms with Crippen LogP contribution in [0, 0.1) is 38.9 Å². The minimum Gasteiger partial charge on any atom is -0.172 e. The highest BCUT2D eigenvalue weighted by atomic mass is 32.1. The van der Waals surface area contributed by atoms with Gasteiger partial charge in [-0.3, -0.25) is 0 Å². The van der Waals surface area contributed by atoms with E-state index in [-0.39, 0.29) is 0 Å². The maximum Gasteiger partial charge on any atom is 0.206 e. The summed E-state index contributed by atoms with van der Waals surface area (Å²) in [4.78, 5) is 8.18. The first-order valence-electron chi connectivity index (χ1n) is 7.47. The van der Waals surface area contributed by atoms with E-state index >= 15 is 0 Å². The van der Waals surface area contributed by atoms with E-state index in [1.165, 1.54) is 5.56 Å². The Morgan fingerprint density at radius 3 is 1.92 bits per heavy atom. The van der Waals surface area contributed by atoms with Crippen LogP contribution in [-0.2, 0) is 0 Å². The summed E-state index contributed by atoms with van der Waals surface area (Å²) in [5, 5.41) is 21.3. The van der Waals surface area contributed by atoms with E-state index in [9.17, 15) is 10.5 Å². The van der Waals surface area contributed by atoms with Crippen molar-refractivity contribution in [2.45, 2.75) is 6.92 Å². The van der Waals surface area contributed by atoms with Crippen molar-refractivity contribution in [1.82, 2.24) is 0 Å². The van der Waals surface area contributed by atoms with E-state index in [2.05, 4.69) is 35.1 Å². The van der Waals surface area contributed by atoms with Crippen molar-refractivity contribution in [3.8, 4) is 12.4 Å². The lowest BCUT2D eigenvalue weighted by molar-refractivity contribution is 1.30. The molecule has 1 heterocycles. The molecule has 0 saturated heterocycles. The number of fused-ring (bicyclic) bond motifs is 2. The third kappa shape index (κ3) is 2.49. The van der Waals surface area contributed by atoms with E-state index in [0.717, 1.165) is 29.2 Å². The summed E-state index contributed by atoms with van der Waals surface area (Å²) in [6.45, 7) is 2.05. The summed E-state index contributed by atoms with van der Waals surface area (Å²) in [6.07, 6.45) is 3.84. The van der Waals surface area contributed by atoms with Crippen molar-refractivity contribution in [3.05, 3.63) is 67.8 Å². The lowest BCUT2D eigenvalue weighted by Crippen LogP contribution is -2.15. The van der Waals surface area contributed by atoms with Crippen LogP contribution >= 0.6 is 22.7 Å². The first-order chi connectivity index (χ1) is 12.2. The fraction of sp³-hybridized carbons (Fsp3) is 0.0526. The Bertz CT molecular complexity index is 1430. The Labute approximate surface area is 150 Å². The summed E-state index contributed by atoms with van der Waals surface area (Å²) in [5.74, 6) is 0. The van der Waals surface area contributed by atoms with E-state index in [1.54, 1.807) is 22.7 Å². The number of hydrogen-bond donors (Lipinski definition) is 0. The molecule has 0 unspecified atom stereocenters. The topological polar surface area (TPSA) is 72.3 Å². The minimum atomic E-state index is 0.647. The second-order valence-electron chi connectivity index (χ2n) is 5.48. The Morgan fingerprint density at radius 2 is 1.36 bits per heavy atom. The van der Waals surface area contributed by atoms with Crippen LogP contribution in [-0.4, -0.2) is 0 Å². The molecule has 4 nitrogen and oxygen atoms in total. The van der Waals surface area contributed by atoms with Gasteiger partial charge in [0.15, 0.2) is 0 Å². The van der Waals surface area contributed by atoms with E-state index in [4.69, 9.17) is 0 Å². The van der Waals surface area contributed by atoms with Gasteiger partial charge in [0.25, 0.3) is 0 Å². The smallest absolute Gasteiger partial charge is 0.172 e. The Hall–Kier alpha value is -3.06. The Morgan fingerprint density at radius 1 is 0.800 bits per heavy atom. The van der Waals surface area contributed by atoms with Crippen molar-refractivity contribution in [2.24, 2.45) is 9.98 Å². The van der Waals surface area contributed by atoms with Gasteiger partial charge in [0, 0.05) is 20.2 Å². The van der Waals surface area contributed by atoms with Gasteiger partial charge in [-0.25, -0.2) is 0 Å². The second-order valence-corrected chi connectivity index (χ2v) is 7.58. The molecular formula is C19H10N4S2. The van der Waals surface area contributed by atoms with Gasteiger partial charge in [0.05, 0.1) is 9.06 Å². The molecule has 0 fully saturated rings. The number of nitriles is 2. The van der Waals surface area contributed by atoms with Crippen LogP contribution in [0.5, 0.6) is 0 Å². The molecule has 25 heavy (non-hydrogen) atoms. The molecule has 4 rings (SSSR count). The summed E-state index contributed by atoms with van der Waals surface area (Å²) < 4.78 is 4.02. The molecule has 0 atom stereocenters. The lowest BCUT2D eigenvalue weighted by atomic mass is 10.1. The zero-order valence-electron chi connectivity index (χ0n) is 13.1. The molecule has 0 N–H and O–H groups in total. The van der Waals surface area contributed by atoms with Crippen LogP contribution in [0.4, 0.5) is 0 Å². The maximum atomic E-state index is 9.18. The normalized spacial score (nSPS) is 12.6. The second kappa shape index (κ2) is 6.10. The van der Waals surface area contributed by atoms with Crippen LogP contribution in [0.3, 0.4) is 0 Å². The number of hydrogen-bond acceptors (Lipinski definition) is 6. The molecule has 118 valence electrons. The van der Waals surface area contributed by atoms with Crippen LogP contribution in [0.1, 0.15) is 5.56 Å². The highest BCUT2D eigenvalue weighted by Gasteiger charge is 2.08. The standard InChI is InChI=1S/C19H10N4S2/c1-11-6-7-14-15(8-11)25-19-17(23-10-21)13-5-3-2-4-12(13)16(22-9-20)18(19)24-14/h2-8H,1H3. The van der Waals surface area contributed by atoms with E-state index < -0.39 is 0 Å². The van der Waals surface area contributed by atoms with Crippen LogP contribution < -0.4 is 10.7 Å². The Balaban J connectivity index is 2.47. The molecule has 0 spiro atoms. The van der Waals surface area contributed by atoms with Gasteiger partial charge in [-0.1, -0.05) is 30.3 Å². The summed E-state index contributed by atoms with van der Waals surface area (Å²) in [7, 11) is 0. The summed E-state index contributed by atoms with van der Waals surface area (Å²) in [5.41, 5.74) is 1.18. The summed E-state index contributed by atoms with van der Waals surface area (Å²) >= 11 is 3.16. The van der Waals surface area contributed by atoms with Gasteiger partial charge in [0.1, 0.15) is 10.7 Å². The maximum absolute atomic E-state index is 9.18. The van der Waals surface area contributed by atoms with Gasteiger partial charge < -0.3 is 0 Å². The molecule has 0 bridgehead atoms. The van der Waals surface area contributed by atoms with Crippen molar-refractivity contribution < 1.29 is 0 Å². The van der Waals surface area contributed by atoms with Gasteiger partial charge in [0.2, 0.25) is 12.4 Å². The molecule has 2 aromatic rings. The van der Waals surface area contributed by atoms with Gasteiger partial charge in [-0.05, 0) is 24.6 Å². The number of benzene rings is 2. The van der Waals surface area contributed by atoms with Gasteiger partial charge >= 0.3 is 0 Å². The van der Waals surface area contributed by atoms with Crippen LogP contribution in [0.25, 0.3) is 20.2 Å². The SMILES string of the molecule is Cc1ccc2sc3c(=NC#N)c4ccccc4c(=NC#N)c=3sc2c1. The molecule has 0 radical (unpaired) electrons. The van der Waals surface area contributed by atoms with Crippen molar-refractivity contribution >= 4 is 42.8 Å². The zero-order valence-corrected chi connectivity index (χ0v) is 14.8. The van der Waals surface area contributed by atoms with Crippen molar-refractivity contribution in [3.63, 3.8) is 0 Å². The highest BCUT2D eigenvalue weighted by molar-refractivity contribution is 7.26. The fourth-order valence-corrected chi connectivity index (χ4v) is 5.40. The highest BCUT2D eigenvalue weighted by Crippen LogP contribution is 2.25. The number of rotatable bonds is 0. The average molecular weight is 358 g/mol. The summed E-state index contributed by atoms with van der Waals surface area (Å²) in [6, 6.07) is 13.9. The monoisotopic (exact) mass is 358 g/mol. The third-order valence-electron chi connectivity index (χ3n) is 3.92. The molecule has 0 saturated carbocycles. The van der Waals surface area contributed by atoms with E-state index in [0.29, 0.717) is 10.7 Å². The number of aryl methyl sites for hydroxylation is 1. The molecule has 0 aromatic heterocycles. The Kier molecular flexibility index (Phi) is 3.77. The first-order valence-corrected chi connectivity index (χ1v) is 9.11. The van der Waals surface area contributed by atoms with Crippen LogP contribution in [0.15, 0.2) is 52.4 Å². The predicted molar refractivity (Wildman–Crippen MR) is 99.6 cm³/mol. The zero-order chi connectivity index (χ0) is 17.4. The molecule has 0 amide bonds. The van der Waals surface area contributed by atoms with E-state index in [1.807, 2.05) is 36.7 Å². The molecule has 2 aromatic carbocycles. The minimum absolute atomic E-state index is 0.647. The molecule has 1 aliphatic heterocycles. The average Bonchev–Trinajstić information content (AvgIpc) is 2.63. The van der Waals surface area contributed by atoms with Gasteiger partial charge in [-0.2, -0.15) is 20.5 Å². The largest absolute Gasteiger partial charge is 0.206 e. The van der Waals surface area contributed by atoms with Crippen LogP contribution in [0.2, 0.25) is 0 Å². The quantitative estimate of drug-likeness (QED) is 0.447. The van der Waals surface area contributed by atoms with Crippen molar-refractivity contribution in [1.29, 1.82) is 10.5 Å². The predicted octanol–water partition coefficient (Wildman–Crippen LogP) is 3.91. The van der Waals surface area contributed by atoms with Gasteiger partial charge in [-0.15, -0.1) is 22.7 Å². The van der Waals surface area contributed by atoms with Crippen molar-refractivity contribution in [2.75, 3.05) is 0 Å².